The van der Waals surface area contributed by atoms with Gasteiger partial charge in [-0.1, -0.05) is 0 Å². The van der Waals surface area contributed by atoms with Crippen LogP contribution >= 0.6 is 0 Å². The lowest BCUT2D eigenvalue weighted by Gasteiger charge is -2.15. The first-order valence-corrected chi connectivity index (χ1v) is 9.13. The van der Waals surface area contributed by atoms with Crippen molar-refractivity contribution in [2.45, 2.75) is 46.3 Å². The Morgan fingerprint density at radius 2 is 1.83 bits per heavy atom. The summed E-state index contributed by atoms with van der Waals surface area (Å²) in [5, 5.41) is 7.23. The minimum Gasteiger partial charge on any atom is -0.490 e. The molecule has 3 rings (SSSR count). The SMILES string of the molecule is CC(C)Oc1cc(Nc2cc(N)nc(C(F)F)n2)ncc1-c1cnn(C(C)C)c1. The molecule has 3 aromatic rings. The summed E-state index contributed by atoms with van der Waals surface area (Å²) < 4.78 is 33.6. The summed E-state index contributed by atoms with van der Waals surface area (Å²) in [5.74, 6) is 0.366. The fraction of sp³-hybridized carbons (Fsp3) is 0.368. The molecule has 3 aromatic heterocycles. The van der Waals surface area contributed by atoms with Crippen LogP contribution in [0.25, 0.3) is 11.1 Å². The Hall–Kier alpha value is -3.30. The summed E-state index contributed by atoms with van der Waals surface area (Å²) >= 11 is 0. The number of anilines is 3. The number of rotatable bonds is 7. The topological polar surface area (TPSA) is 104 Å². The molecule has 0 aromatic carbocycles. The van der Waals surface area contributed by atoms with Gasteiger partial charge in [0.25, 0.3) is 6.43 Å². The maximum absolute atomic E-state index is 12.9. The number of halogens is 2. The van der Waals surface area contributed by atoms with Gasteiger partial charge in [-0.2, -0.15) is 5.10 Å². The van der Waals surface area contributed by atoms with Gasteiger partial charge >= 0.3 is 0 Å². The highest BCUT2D eigenvalue weighted by atomic mass is 19.3. The maximum Gasteiger partial charge on any atom is 0.297 e. The van der Waals surface area contributed by atoms with Crippen molar-refractivity contribution in [3.63, 3.8) is 0 Å². The maximum atomic E-state index is 12.9. The Balaban J connectivity index is 1.95. The van der Waals surface area contributed by atoms with Crippen molar-refractivity contribution in [1.82, 2.24) is 24.7 Å². The van der Waals surface area contributed by atoms with Crippen molar-refractivity contribution >= 4 is 17.5 Å². The van der Waals surface area contributed by atoms with E-state index in [2.05, 4.69) is 25.4 Å². The van der Waals surface area contributed by atoms with Crippen LogP contribution < -0.4 is 15.8 Å². The molecule has 0 unspecified atom stereocenters. The molecule has 0 radical (unpaired) electrons. The quantitative estimate of drug-likeness (QED) is 0.604. The number of pyridine rings is 1. The predicted octanol–water partition coefficient (Wildman–Crippen LogP) is 4.37. The number of ether oxygens (including phenoxy) is 1. The minimum atomic E-state index is -2.83. The van der Waals surface area contributed by atoms with Crippen molar-refractivity contribution < 1.29 is 13.5 Å². The summed E-state index contributed by atoms with van der Waals surface area (Å²) in [7, 11) is 0. The molecule has 0 atom stereocenters. The molecule has 0 bridgehead atoms. The highest BCUT2D eigenvalue weighted by Crippen LogP contribution is 2.33. The van der Waals surface area contributed by atoms with Gasteiger partial charge in [0, 0.05) is 41.7 Å². The van der Waals surface area contributed by atoms with Gasteiger partial charge in [0.2, 0.25) is 0 Å². The van der Waals surface area contributed by atoms with E-state index in [1.807, 2.05) is 38.6 Å². The summed E-state index contributed by atoms with van der Waals surface area (Å²) in [6.45, 7) is 7.90. The molecule has 0 aliphatic carbocycles. The van der Waals surface area contributed by atoms with E-state index in [0.29, 0.717) is 11.6 Å². The molecule has 3 N–H and O–H groups in total. The lowest BCUT2D eigenvalue weighted by atomic mass is 10.1. The van der Waals surface area contributed by atoms with E-state index in [1.54, 1.807) is 18.5 Å². The summed E-state index contributed by atoms with van der Waals surface area (Å²) in [5.41, 5.74) is 7.23. The van der Waals surface area contributed by atoms with E-state index in [1.165, 1.54) is 6.07 Å². The van der Waals surface area contributed by atoms with Crippen LogP contribution in [0.1, 0.15) is 46.0 Å². The average molecular weight is 403 g/mol. The Bertz CT molecular complexity index is 988. The second-order valence-electron chi connectivity index (χ2n) is 7.00. The van der Waals surface area contributed by atoms with E-state index in [4.69, 9.17) is 10.5 Å². The largest absolute Gasteiger partial charge is 0.490 e. The molecule has 0 aliphatic heterocycles. The lowest BCUT2D eigenvalue weighted by Crippen LogP contribution is -2.08. The third kappa shape index (κ3) is 4.95. The number of aromatic nitrogens is 5. The zero-order valence-electron chi connectivity index (χ0n) is 16.6. The second-order valence-corrected chi connectivity index (χ2v) is 7.00. The Morgan fingerprint density at radius 1 is 1.07 bits per heavy atom. The van der Waals surface area contributed by atoms with Crippen molar-refractivity contribution in [3.05, 3.63) is 36.5 Å². The van der Waals surface area contributed by atoms with Crippen LogP contribution in [0.5, 0.6) is 5.75 Å². The van der Waals surface area contributed by atoms with Crippen LogP contribution in [0, 0.1) is 0 Å². The smallest absolute Gasteiger partial charge is 0.297 e. The van der Waals surface area contributed by atoms with Gasteiger partial charge in [0.05, 0.1) is 12.3 Å². The van der Waals surface area contributed by atoms with E-state index in [9.17, 15) is 8.78 Å². The molecule has 10 heteroatoms. The van der Waals surface area contributed by atoms with Crippen LogP contribution in [-0.4, -0.2) is 30.8 Å². The van der Waals surface area contributed by atoms with Gasteiger partial charge in [0.1, 0.15) is 23.2 Å². The zero-order valence-corrected chi connectivity index (χ0v) is 16.6. The number of nitrogens with one attached hydrogen (secondary N) is 1. The predicted molar refractivity (Wildman–Crippen MR) is 106 cm³/mol. The van der Waals surface area contributed by atoms with Gasteiger partial charge in [-0.25, -0.2) is 23.7 Å². The van der Waals surface area contributed by atoms with Crippen molar-refractivity contribution in [1.29, 1.82) is 0 Å². The van der Waals surface area contributed by atoms with Crippen molar-refractivity contribution in [2.75, 3.05) is 11.1 Å². The number of hydrogen-bond donors (Lipinski definition) is 2. The third-order valence-corrected chi connectivity index (χ3v) is 3.88. The van der Waals surface area contributed by atoms with Gasteiger partial charge in [0.15, 0.2) is 5.82 Å². The fourth-order valence-corrected chi connectivity index (χ4v) is 2.61. The number of nitrogens with two attached hydrogens (primary N) is 1. The van der Waals surface area contributed by atoms with Crippen molar-refractivity contribution in [2.24, 2.45) is 0 Å². The van der Waals surface area contributed by atoms with Gasteiger partial charge in [-0.15, -0.1) is 0 Å². The molecular formula is C19H23F2N7O. The fourth-order valence-electron chi connectivity index (χ4n) is 2.61. The molecular weight excluding hydrogens is 380 g/mol. The normalized spacial score (nSPS) is 11.5. The average Bonchev–Trinajstić information content (AvgIpc) is 3.11. The van der Waals surface area contributed by atoms with E-state index >= 15 is 0 Å². The molecule has 0 amide bonds. The highest BCUT2D eigenvalue weighted by Gasteiger charge is 2.16. The van der Waals surface area contributed by atoms with Crippen LogP contribution in [0.15, 0.2) is 30.7 Å². The number of nitrogen functional groups attached to an aromatic ring is 1. The Morgan fingerprint density at radius 3 is 2.45 bits per heavy atom. The van der Waals surface area contributed by atoms with Crippen LogP contribution in [0.3, 0.4) is 0 Å². The van der Waals surface area contributed by atoms with Gasteiger partial charge in [-0.05, 0) is 27.7 Å². The van der Waals surface area contributed by atoms with Crippen LogP contribution in [-0.2, 0) is 0 Å². The zero-order chi connectivity index (χ0) is 21.1. The number of alkyl halides is 2. The summed E-state index contributed by atoms with van der Waals surface area (Å²) in [4.78, 5) is 11.7. The first-order chi connectivity index (χ1) is 13.7. The van der Waals surface area contributed by atoms with Crippen LogP contribution in [0.4, 0.5) is 26.2 Å². The molecule has 154 valence electrons. The first kappa shape index (κ1) is 20.4. The first-order valence-electron chi connectivity index (χ1n) is 9.13. The summed E-state index contributed by atoms with van der Waals surface area (Å²) in [6.07, 6.45) is 2.40. The number of hydrogen-bond acceptors (Lipinski definition) is 7. The van der Waals surface area contributed by atoms with E-state index in [-0.39, 0.29) is 23.8 Å². The lowest BCUT2D eigenvalue weighted by molar-refractivity contribution is 0.140. The molecule has 0 spiro atoms. The van der Waals surface area contributed by atoms with Crippen molar-refractivity contribution in [3.8, 4) is 16.9 Å². The molecule has 0 saturated heterocycles. The molecule has 3 heterocycles. The molecule has 0 fully saturated rings. The Kier molecular flexibility index (Phi) is 5.90. The summed E-state index contributed by atoms with van der Waals surface area (Å²) in [6, 6.07) is 3.26. The van der Waals surface area contributed by atoms with E-state index in [0.717, 1.165) is 11.1 Å². The molecule has 29 heavy (non-hydrogen) atoms. The molecule has 0 aliphatic rings. The minimum absolute atomic E-state index is 0.0610. The standard InChI is InChI=1S/C19H23F2N7O/c1-10(2)28-9-12(7-24-28)13-8-23-16(5-14(13)29-11(3)4)26-17-6-15(22)25-19(27-17)18(20)21/h5-11,18H,1-4H3,(H3,22,23,25,26,27). The van der Waals surface area contributed by atoms with E-state index < -0.39 is 12.2 Å². The molecule has 0 saturated carbocycles. The molecule has 8 nitrogen and oxygen atoms in total. The monoisotopic (exact) mass is 403 g/mol. The van der Waals surface area contributed by atoms with Gasteiger partial charge < -0.3 is 15.8 Å². The highest BCUT2D eigenvalue weighted by molar-refractivity contribution is 5.71. The van der Waals surface area contributed by atoms with Crippen LogP contribution in [0.2, 0.25) is 0 Å². The number of nitrogens with zero attached hydrogens (tertiary/aromatic N) is 5. The van der Waals surface area contributed by atoms with Gasteiger partial charge in [-0.3, -0.25) is 4.68 Å². The third-order valence-electron chi connectivity index (χ3n) is 3.88. The second kappa shape index (κ2) is 8.38. The Labute approximate surface area is 167 Å².